The Balaban J connectivity index is 1.85. The SMILES string of the molecule is COC(CC1COc2ccc(-c3cccc(CO)c3C)cc2O1)OC. The number of methoxy groups -OCH3 is 2. The van der Waals surface area contributed by atoms with Crippen LogP contribution in [0.25, 0.3) is 11.1 Å². The van der Waals surface area contributed by atoms with Crippen molar-refractivity contribution in [2.45, 2.75) is 32.3 Å². The lowest BCUT2D eigenvalue weighted by Crippen LogP contribution is -2.33. The van der Waals surface area contributed by atoms with E-state index >= 15 is 0 Å². The van der Waals surface area contributed by atoms with Crippen molar-refractivity contribution in [3.8, 4) is 22.6 Å². The molecule has 1 unspecified atom stereocenters. The zero-order valence-corrected chi connectivity index (χ0v) is 14.8. The second kappa shape index (κ2) is 7.87. The first-order chi connectivity index (χ1) is 12.2. The van der Waals surface area contributed by atoms with Crippen LogP contribution in [-0.4, -0.2) is 38.3 Å². The van der Waals surface area contributed by atoms with Crippen molar-refractivity contribution in [3.05, 3.63) is 47.5 Å². The van der Waals surface area contributed by atoms with Gasteiger partial charge in [-0.2, -0.15) is 0 Å². The van der Waals surface area contributed by atoms with Crippen molar-refractivity contribution in [2.24, 2.45) is 0 Å². The molecule has 2 aromatic carbocycles. The normalized spacial score (nSPS) is 16.3. The molecule has 0 saturated carbocycles. The minimum Gasteiger partial charge on any atom is -0.486 e. The molecule has 1 atom stereocenters. The third-order valence-corrected chi connectivity index (χ3v) is 4.57. The van der Waals surface area contributed by atoms with Gasteiger partial charge in [0.15, 0.2) is 17.8 Å². The molecule has 0 saturated heterocycles. The fourth-order valence-electron chi connectivity index (χ4n) is 3.07. The van der Waals surface area contributed by atoms with Gasteiger partial charge in [0, 0.05) is 20.6 Å². The summed E-state index contributed by atoms with van der Waals surface area (Å²) >= 11 is 0. The molecule has 0 amide bonds. The Kier molecular flexibility index (Phi) is 5.58. The van der Waals surface area contributed by atoms with Crippen LogP contribution in [0.3, 0.4) is 0 Å². The maximum Gasteiger partial charge on any atom is 0.162 e. The highest BCUT2D eigenvalue weighted by molar-refractivity contribution is 5.71. The highest BCUT2D eigenvalue weighted by atomic mass is 16.7. The largest absolute Gasteiger partial charge is 0.486 e. The van der Waals surface area contributed by atoms with Crippen LogP contribution in [0.5, 0.6) is 11.5 Å². The van der Waals surface area contributed by atoms with E-state index in [-0.39, 0.29) is 19.0 Å². The fourth-order valence-corrected chi connectivity index (χ4v) is 3.07. The second-order valence-corrected chi connectivity index (χ2v) is 6.10. The van der Waals surface area contributed by atoms with Crippen LogP contribution in [0.15, 0.2) is 36.4 Å². The standard InChI is InChI=1S/C20H24O5/c1-13-15(11-21)5-4-6-17(13)14-7-8-18-19(9-14)25-16(12-24-18)10-20(22-2)23-3/h4-9,16,20-21H,10-12H2,1-3H3. The van der Waals surface area contributed by atoms with E-state index < -0.39 is 0 Å². The lowest BCUT2D eigenvalue weighted by atomic mass is 9.96. The molecular weight excluding hydrogens is 320 g/mol. The smallest absolute Gasteiger partial charge is 0.162 e. The molecule has 3 rings (SSSR count). The number of fused-ring (bicyclic) bond motifs is 1. The van der Waals surface area contributed by atoms with E-state index in [1.807, 2.05) is 43.3 Å². The number of ether oxygens (including phenoxy) is 4. The van der Waals surface area contributed by atoms with Crippen LogP contribution in [0.1, 0.15) is 17.5 Å². The van der Waals surface area contributed by atoms with Crippen molar-refractivity contribution in [2.75, 3.05) is 20.8 Å². The lowest BCUT2D eigenvalue weighted by molar-refractivity contribution is -0.124. The number of hydrogen-bond acceptors (Lipinski definition) is 5. The van der Waals surface area contributed by atoms with Crippen LogP contribution >= 0.6 is 0 Å². The summed E-state index contributed by atoms with van der Waals surface area (Å²) < 4.78 is 22.4. The highest BCUT2D eigenvalue weighted by Crippen LogP contribution is 2.37. The molecule has 0 radical (unpaired) electrons. The van der Waals surface area contributed by atoms with Crippen LogP contribution < -0.4 is 9.47 Å². The van der Waals surface area contributed by atoms with Crippen molar-refractivity contribution in [1.29, 1.82) is 0 Å². The summed E-state index contributed by atoms with van der Waals surface area (Å²) in [4.78, 5) is 0. The zero-order valence-electron chi connectivity index (χ0n) is 14.8. The highest BCUT2D eigenvalue weighted by Gasteiger charge is 2.25. The number of aliphatic hydroxyl groups is 1. The van der Waals surface area contributed by atoms with Gasteiger partial charge in [0.05, 0.1) is 6.61 Å². The number of aliphatic hydroxyl groups excluding tert-OH is 1. The molecule has 1 N–H and O–H groups in total. The van der Waals surface area contributed by atoms with Crippen LogP contribution in [0.4, 0.5) is 0 Å². The minimum absolute atomic E-state index is 0.0295. The Morgan fingerprint density at radius 1 is 1.16 bits per heavy atom. The maximum absolute atomic E-state index is 9.48. The van der Waals surface area contributed by atoms with E-state index in [0.29, 0.717) is 18.8 Å². The van der Waals surface area contributed by atoms with Gasteiger partial charge in [0.1, 0.15) is 12.7 Å². The number of benzene rings is 2. The Labute approximate surface area is 148 Å². The van der Waals surface area contributed by atoms with Crippen LogP contribution in [-0.2, 0) is 16.1 Å². The summed E-state index contributed by atoms with van der Waals surface area (Å²) in [6.07, 6.45) is 0.148. The zero-order chi connectivity index (χ0) is 17.8. The molecular formula is C20H24O5. The van der Waals surface area contributed by atoms with Crippen molar-refractivity contribution < 1.29 is 24.1 Å². The minimum atomic E-state index is -0.318. The third-order valence-electron chi connectivity index (χ3n) is 4.57. The summed E-state index contributed by atoms with van der Waals surface area (Å²) in [5.74, 6) is 1.45. The summed E-state index contributed by atoms with van der Waals surface area (Å²) in [5.41, 5.74) is 4.10. The average Bonchev–Trinajstić information content (AvgIpc) is 2.65. The topological polar surface area (TPSA) is 57.2 Å². The molecule has 5 nitrogen and oxygen atoms in total. The monoisotopic (exact) mass is 344 g/mol. The second-order valence-electron chi connectivity index (χ2n) is 6.10. The van der Waals surface area contributed by atoms with E-state index in [1.54, 1.807) is 14.2 Å². The Bertz CT molecular complexity index is 724. The quantitative estimate of drug-likeness (QED) is 0.815. The van der Waals surface area contributed by atoms with Gasteiger partial charge in [-0.1, -0.05) is 24.3 Å². The Morgan fingerprint density at radius 3 is 2.68 bits per heavy atom. The summed E-state index contributed by atoms with van der Waals surface area (Å²) in [7, 11) is 3.22. The Morgan fingerprint density at radius 2 is 1.96 bits per heavy atom. The molecule has 1 aliphatic rings. The molecule has 5 heteroatoms. The predicted molar refractivity (Wildman–Crippen MR) is 94.9 cm³/mol. The first kappa shape index (κ1) is 17.7. The van der Waals surface area contributed by atoms with Crippen LogP contribution in [0.2, 0.25) is 0 Å². The molecule has 2 aromatic rings. The van der Waals surface area contributed by atoms with E-state index in [0.717, 1.165) is 28.0 Å². The van der Waals surface area contributed by atoms with Crippen molar-refractivity contribution >= 4 is 0 Å². The van der Waals surface area contributed by atoms with Gasteiger partial charge in [-0.05, 0) is 41.3 Å². The summed E-state index contributed by atoms with van der Waals surface area (Å²) in [5, 5.41) is 9.48. The first-order valence-electron chi connectivity index (χ1n) is 8.35. The molecule has 1 aliphatic heterocycles. The summed E-state index contributed by atoms with van der Waals surface area (Å²) in [6.45, 7) is 2.51. The van der Waals surface area contributed by atoms with Gasteiger partial charge >= 0.3 is 0 Å². The molecule has 0 fully saturated rings. The predicted octanol–water partition coefficient (Wildman–Crippen LogP) is 3.30. The van der Waals surface area contributed by atoms with Crippen molar-refractivity contribution in [1.82, 2.24) is 0 Å². The third kappa shape index (κ3) is 3.79. The Hall–Kier alpha value is -2.08. The number of rotatable bonds is 6. The van der Waals surface area contributed by atoms with Crippen molar-refractivity contribution in [3.63, 3.8) is 0 Å². The molecule has 25 heavy (non-hydrogen) atoms. The van der Waals surface area contributed by atoms with Gasteiger partial charge in [-0.15, -0.1) is 0 Å². The van der Waals surface area contributed by atoms with Gasteiger partial charge in [0.2, 0.25) is 0 Å². The van der Waals surface area contributed by atoms with Gasteiger partial charge < -0.3 is 24.1 Å². The molecule has 0 aromatic heterocycles. The fraction of sp³-hybridized carbons (Fsp3) is 0.400. The molecule has 134 valence electrons. The average molecular weight is 344 g/mol. The van der Waals surface area contributed by atoms with E-state index in [1.165, 1.54) is 0 Å². The molecule has 0 aliphatic carbocycles. The molecule has 0 spiro atoms. The molecule has 0 bridgehead atoms. The van der Waals surface area contributed by atoms with Gasteiger partial charge in [-0.25, -0.2) is 0 Å². The summed E-state index contributed by atoms with van der Waals surface area (Å²) in [6, 6.07) is 11.9. The van der Waals surface area contributed by atoms with Gasteiger partial charge in [0.25, 0.3) is 0 Å². The maximum atomic E-state index is 9.48. The number of hydrogen-bond donors (Lipinski definition) is 1. The van der Waals surface area contributed by atoms with E-state index in [9.17, 15) is 5.11 Å². The van der Waals surface area contributed by atoms with Crippen LogP contribution in [0, 0.1) is 6.92 Å². The van der Waals surface area contributed by atoms with E-state index in [2.05, 4.69) is 0 Å². The van der Waals surface area contributed by atoms with E-state index in [4.69, 9.17) is 18.9 Å². The van der Waals surface area contributed by atoms with Gasteiger partial charge in [-0.3, -0.25) is 0 Å². The lowest BCUT2D eigenvalue weighted by Gasteiger charge is -2.29. The molecule has 1 heterocycles. The first-order valence-corrected chi connectivity index (χ1v) is 8.35.